The lowest BCUT2D eigenvalue weighted by molar-refractivity contribution is -0.134. The van der Waals surface area contributed by atoms with Crippen molar-refractivity contribution in [2.45, 2.75) is 33.4 Å². The van der Waals surface area contributed by atoms with Crippen LogP contribution in [0, 0.1) is 0 Å². The molecule has 138 valence electrons. The molecular weight excluding hydrogens is 316 g/mol. The van der Waals surface area contributed by atoms with Gasteiger partial charge in [-0.2, -0.15) is 0 Å². The van der Waals surface area contributed by atoms with Crippen molar-refractivity contribution in [2.75, 3.05) is 39.3 Å². The monoisotopic (exact) mass is 346 g/mol. The molecule has 0 unspecified atom stereocenters. The van der Waals surface area contributed by atoms with Gasteiger partial charge in [0, 0.05) is 45.8 Å². The molecule has 3 amide bonds. The fourth-order valence-electron chi connectivity index (χ4n) is 3.09. The molecule has 0 bridgehead atoms. The van der Waals surface area contributed by atoms with Gasteiger partial charge in [0.1, 0.15) is 6.04 Å². The normalized spacial score (nSPS) is 16.4. The van der Waals surface area contributed by atoms with Crippen LogP contribution in [0.2, 0.25) is 0 Å². The first-order chi connectivity index (χ1) is 12.0. The van der Waals surface area contributed by atoms with Crippen molar-refractivity contribution < 1.29 is 9.59 Å². The van der Waals surface area contributed by atoms with Crippen LogP contribution in [0.3, 0.4) is 0 Å². The van der Waals surface area contributed by atoms with Gasteiger partial charge < -0.3 is 15.1 Å². The minimum Gasteiger partial charge on any atom is -0.338 e. The van der Waals surface area contributed by atoms with Crippen LogP contribution in [0.15, 0.2) is 30.3 Å². The van der Waals surface area contributed by atoms with E-state index in [1.165, 1.54) is 5.56 Å². The standard InChI is InChI=1S/C19H30N4O2/c1-4-22(5-2)19(25)20-16(3)18(24)23-13-11-21(12-14-23)15-17-9-7-6-8-10-17/h6-10,16H,4-5,11-15H2,1-3H3,(H,20,25)/t16-/m1/s1. The van der Waals surface area contributed by atoms with Crippen molar-refractivity contribution in [2.24, 2.45) is 0 Å². The van der Waals surface area contributed by atoms with Crippen LogP contribution in [0.1, 0.15) is 26.3 Å². The Balaban J connectivity index is 1.79. The first-order valence-electron chi connectivity index (χ1n) is 9.15. The second-order valence-electron chi connectivity index (χ2n) is 6.43. The summed E-state index contributed by atoms with van der Waals surface area (Å²) in [6.07, 6.45) is 0. The molecule has 1 fully saturated rings. The fraction of sp³-hybridized carbons (Fsp3) is 0.579. The van der Waals surface area contributed by atoms with E-state index >= 15 is 0 Å². The third kappa shape index (κ3) is 5.46. The number of piperazine rings is 1. The Hall–Kier alpha value is -2.08. The van der Waals surface area contributed by atoms with E-state index in [1.54, 1.807) is 11.8 Å². The average Bonchev–Trinajstić information content (AvgIpc) is 2.63. The molecular formula is C19H30N4O2. The van der Waals surface area contributed by atoms with Crippen molar-refractivity contribution in [1.82, 2.24) is 20.0 Å². The number of carbonyl (C=O) groups is 2. The predicted molar refractivity (Wildman–Crippen MR) is 99.2 cm³/mol. The third-order valence-corrected chi connectivity index (χ3v) is 4.69. The number of benzene rings is 1. The van der Waals surface area contributed by atoms with Gasteiger partial charge in [-0.15, -0.1) is 0 Å². The molecule has 0 spiro atoms. The number of urea groups is 1. The molecule has 1 atom stereocenters. The van der Waals surface area contributed by atoms with E-state index in [0.717, 1.165) is 19.6 Å². The first-order valence-corrected chi connectivity index (χ1v) is 9.15. The van der Waals surface area contributed by atoms with E-state index in [9.17, 15) is 9.59 Å². The van der Waals surface area contributed by atoms with E-state index in [2.05, 4.69) is 34.5 Å². The maximum absolute atomic E-state index is 12.6. The van der Waals surface area contributed by atoms with Gasteiger partial charge in [0.15, 0.2) is 0 Å². The van der Waals surface area contributed by atoms with Crippen LogP contribution < -0.4 is 5.32 Å². The molecule has 2 rings (SSSR count). The highest BCUT2D eigenvalue weighted by Gasteiger charge is 2.26. The lowest BCUT2D eigenvalue weighted by Crippen LogP contribution is -2.55. The summed E-state index contributed by atoms with van der Waals surface area (Å²) in [5.74, 6) is -0.000123. The number of nitrogens with one attached hydrogen (secondary N) is 1. The molecule has 1 N–H and O–H groups in total. The summed E-state index contributed by atoms with van der Waals surface area (Å²) in [4.78, 5) is 30.6. The van der Waals surface area contributed by atoms with E-state index in [0.29, 0.717) is 26.2 Å². The number of hydrogen-bond donors (Lipinski definition) is 1. The van der Waals surface area contributed by atoms with Gasteiger partial charge in [-0.3, -0.25) is 9.69 Å². The van der Waals surface area contributed by atoms with E-state index in [-0.39, 0.29) is 11.9 Å². The van der Waals surface area contributed by atoms with Crippen molar-refractivity contribution in [1.29, 1.82) is 0 Å². The second kappa shape index (κ2) is 9.42. The van der Waals surface area contributed by atoms with Crippen LogP contribution in [0.5, 0.6) is 0 Å². The van der Waals surface area contributed by atoms with Crippen molar-refractivity contribution in [3.8, 4) is 0 Å². The quantitative estimate of drug-likeness (QED) is 0.854. The van der Waals surface area contributed by atoms with Gasteiger partial charge in [-0.1, -0.05) is 30.3 Å². The molecule has 0 aromatic heterocycles. The Morgan fingerprint density at radius 3 is 2.24 bits per heavy atom. The molecule has 1 aromatic rings. The van der Waals surface area contributed by atoms with Gasteiger partial charge in [0.2, 0.25) is 5.91 Å². The summed E-state index contributed by atoms with van der Waals surface area (Å²) in [5.41, 5.74) is 1.29. The zero-order valence-electron chi connectivity index (χ0n) is 15.6. The Labute approximate surface area is 150 Å². The molecule has 1 aromatic carbocycles. The number of amides is 3. The first kappa shape index (κ1) is 19.2. The molecule has 0 radical (unpaired) electrons. The summed E-state index contributed by atoms with van der Waals surface area (Å²) in [6.45, 7) is 11.0. The largest absolute Gasteiger partial charge is 0.338 e. The minimum atomic E-state index is -0.492. The van der Waals surface area contributed by atoms with Gasteiger partial charge in [0.25, 0.3) is 0 Å². The molecule has 6 nitrogen and oxygen atoms in total. The van der Waals surface area contributed by atoms with Crippen LogP contribution in [-0.4, -0.2) is 71.9 Å². The Kier molecular flexibility index (Phi) is 7.25. The van der Waals surface area contributed by atoms with E-state index in [4.69, 9.17) is 0 Å². The SMILES string of the molecule is CCN(CC)C(=O)N[C@H](C)C(=O)N1CCN(Cc2ccccc2)CC1. The topological polar surface area (TPSA) is 55.9 Å². The molecule has 25 heavy (non-hydrogen) atoms. The molecule has 0 saturated carbocycles. The van der Waals surface area contributed by atoms with Crippen LogP contribution >= 0.6 is 0 Å². The van der Waals surface area contributed by atoms with Crippen LogP contribution in [0.4, 0.5) is 4.79 Å². The van der Waals surface area contributed by atoms with Crippen molar-refractivity contribution >= 4 is 11.9 Å². The van der Waals surface area contributed by atoms with Crippen LogP contribution in [0.25, 0.3) is 0 Å². The highest BCUT2D eigenvalue weighted by atomic mass is 16.2. The second-order valence-corrected chi connectivity index (χ2v) is 6.43. The maximum Gasteiger partial charge on any atom is 0.318 e. The number of hydrogen-bond acceptors (Lipinski definition) is 3. The third-order valence-electron chi connectivity index (χ3n) is 4.69. The zero-order chi connectivity index (χ0) is 18.2. The van der Waals surface area contributed by atoms with Gasteiger partial charge >= 0.3 is 6.03 Å². The highest BCUT2D eigenvalue weighted by molar-refractivity contribution is 5.86. The zero-order valence-corrected chi connectivity index (χ0v) is 15.6. The van der Waals surface area contributed by atoms with E-state index in [1.807, 2.05) is 24.8 Å². The number of rotatable bonds is 6. The van der Waals surface area contributed by atoms with Crippen molar-refractivity contribution in [3.05, 3.63) is 35.9 Å². The highest BCUT2D eigenvalue weighted by Crippen LogP contribution is 2.09. The summed E-state index contributed by atoms with van der Waals surface area (Å²) in [7, 11) is 0. The van der Waals surface area contributed by atoms with Gasteiger partial charge in [0.05, 0.1) is 0 Å². The maximum atomic E-state index is 12.6. The minimum absolute atomic E-state index is 0.000123. The van der Waals surface area contributed by atoms with E-state index < -0.39 is 6.04 Å². The van der Waals surface area contributed by atoms with Gasteiger partial charge in [-0.25, -0.2) is 4.79 Å². The predicted octanol–water partition coefficient (Wildman–Crippen LogP) is 1.77. The van der Waals surface area contributed by atoms with Crippen LogP contribution in [-0.2, 0) is 11.3 Å². The van der Waals surface area contributed by atoms with Gasteiger partial charge in [-0.05, 0) is 26.3 Å². The Morgan fingerprint density at radius 2 is 1.68 bits per heavy atom. The average molecular weight is 346 g/mol. The molecule has 1 heterocycles. The smallest absolute Gasteiger partial charge is 0.318 e. The molecule has 1 aliphatic rings. The molecule has 6 heteroatoms. The summed E-state index contributed by atoms with van der Waals surface area (Å²) >= 11 is 0. The summed E-state index contributed by atoms with van der Waals surface area (Å²) in [5, 5.41) is 2.81. The number of carbonyl (C=O) groups excluding carboxylic acids is 2. The van der Waals surface area contributed by atoms with Crippen molar-refractivity contribution in [3.63, 3.8) is 0 Å². The number of nitrogens with zero attached hydrogens (tertiary/aromatic N) is 3. The molecule has 0 aliphatic carbocycles. The Morgan fingerprint density at radius 1 is 1.08 bits per heavy atom. The fourth-order valence-corrected chi connectivity index (χ4v) is 3.09. The summed E-state index contributed by atoms with van der Waals surface area (Å²) < 4.78 is 0. The molecule has 1 aliphatic heterocycles. The lowest BCUT2D eigenvalue weighted by atomic mass is 10.2. The Bertz CT molecular complexity index is 552. The lowest BCUT2D eigenvalue weighted by Gasteiger charge is -2.36. The summed E-state index contributed by atoms with van der Waals surface area (Å²) in [6, 6.07) is 9.71. The molecule has 1 saturated heterocycles.